The van der Waals surface area contributed by atoms with E-state index in [1.807, 2.05) is 12.1 Å². The van der Waals surface area contributed by atoms with Gasteiger partial charge in [0, 0.05) is 25.8 Å². The molecule has 0 unspecified atom stereocenters. The maximum Gasteiger partial charge on any atom is 0.254 e. The molecule has 2 rings (SSSR count). The van der Waals surface area contributed by atoms with E-state index in [-0.39, 0.29) is 5.91 Å². The van der Waals surface area contributed by atoms with Crippen LogP contribution in [0.3, 0.4) is 0 Å². The molecule has 1 aliphatic heterocycles. The van der Waals surface area contributed by atoms with Crippen LogP contribution in [0.1, 0.15) is 21.5 Å². The van der Waals surface area contributed by atoms with Crippen molar-refractivity contribution in [1.29, 1.82) is 5.26 Å². The molecule has 0 aromatic heterocycles. The molecule has 0 radical (unpaired) electrons. The summed E-state index contributed by atoms with van der Waals surface area (Å²) in [6.45, 7) is 1.74. The topological polar surface area (TPSA) is 53.3 Å². The summed E-state index contributed by atoms with van der Waals surface area (Å²) in [7, 11) is 1.61. The van der Waals surface area contributed by atoms with Gasteiger partial charge in [-0.05, 0) is 17.7 Å². The molecule has 1 aliphatic rings. The molecule has 82 valence electrons. The lowest BCUT2D eigenvalue weighted by atomic mass is 10.1. The van der Waals surface area contributed by atoms with Crippen molar-refractivity contribution in [3.8, 4) is 6.07 Å². The quantitative estimate of drug-likeness (QED) is 0.761. The molecule has 1 aromatic carbocycles. The van der Waals surface area contributed by atoms with Crippen molar-refractivity contribution in [1.82, 2.24) is 4.90 Å². The second-order valence-corrected chi connectivity index (χ2v) is 3.70. The number of fused-ring (bicyclic) bond motifs is 1. The first-order chi connectivity index (χ1) is 7.76. The fraction of sp³-hybridized carbons (Fsp3) is 0.333. The van der Waals surface area contributed by atoms with Crippen molar-refractivity contribution in [2.24, 2.45) is 0 Å². The summed E-state index contributed by atoms with van der Waals surface area (Å²) in [6, 6.07) is 7.28. The number of amides is 1. The molecule has 1 amide bonds. The van der Waals surface area contributed by atoms with Gasteiger partial charge in [-0.1, -0.05) is 6.07 Å². The van der Waals surface area contributed by atoms with Crippen LogP contribution in [0, 0.1) is 11.3 Å². The Morgan fingerprint density at radius 2 is 2.38 bits per heavy atom. The van der Waals surface area contributed by atoms with Gasteiger partial charge in [0.05, 0.1) is 18.2 Å². The Morgan fingerprint density at radius 3 is 3.06 bits per heavy atom. The number of ether oxygens (including phenoxy) is 1. The van der Waals surface area contributed by atoms with E-state index < -0.39 is 0 Å². The van der Waals surface area contributed by atoms with Gasteiger partial charge in [-0.3, -0.25) is 4.79 Å². The Balaban J connectivity index is 2.22. The number of nitrogens with zero attached hydrogens (tertiary/aromatic N) is 2. The number of methoxy groups -OCH3 is 1. The predicted octanol–water partition coefficient (Wildman–Crippen LogP) is 1.16. The Hall–Kier alpha value is -1.86. The predicted molar refractivity (Wildman–Crippen MR) is 57.8 cm³/mol. The summed E-state index contributed by atoms with van der Waals surface area (Å²) < 4.78 is 4.95. The lowest BCUT2D eigenvalue weighted by molar-refractivity contribution is 0.0719. The van der Waals surface area contributed by atoms with Crippen molar-refractivity contribution in [2.75, 3.05) is 20.3 Å². The Morgan fingerprint density at radius 1 is 1.56 bits per heavy atom. The highest BCUT2D eigenvalue weighted by molar-refractivity contribution is 5.98. The third kappa shape index (κ3) is 1.77. The zero-order valence-electron chi connectivity index (χ0n) is 9.06. The normalized spacial score (nSPS) is 13.8. The smallest absolute Gasteiger partial charge is 0.254 e. The average molecular weight is 216 g/mol. The maximum atomic E-state index is 11.9. The van der Waals surface area contributed by atoms with Crippen LogP contribution >= 0.6 is 0 Å². The number of carbonyl (C=O) groups excluding carboxylic acids is 1. The summed E-state index contributed by atoms with van der Waals surface area (Å²) in [5.74, 6) is -0.0100. The molecule has 0 aliphatic carbocycles. The first kappa shape index (κ1) is 10.7. The molecule has 4 heteroatoms. The van der Waals surface area contributed by atoms with Crippen LogP contribution in [0.2, 0.25) is 0 Å². The molecule has 0 saturated heterocycles. The molecule has 0 bridgehead atoms. The van der Waals surface area contributed by atoms with Crippen LogP contribution in [0.25, 0.3) is 0 Å². The van der Waals surface area contributed by atoms with E-state index in [1.54, 1.807) is 24.1 Å². The molecule has 1 aromatic rings. The highest BCUT2D eigenvalue weighted by Crippen LogP contribution is 2.23. The Bertz CT molecular complexity index is 463. The highest BCUT2D eigenvalue weighted by Gasteiger charge is 2.26. The van der Waals surface area contributed by atoms with Crippen molar-refractivity contribution in [2.45, 2.75) is 6.54 Å². The fourth-order valence-corrected chi connectivity index (χ4v) is 1.81. The van der Waals surface area contributed by atoms with E-state index >= 15 is 0 Å². The highest BCUT2D eigenvalue weighted by atomic mass is 16.5. The zero-order chi connectivity index (χ0) is 11.5. The van der Waals surface area contributed by atoms with Crippen molar-refractivity contribution in [3.63, 3.8) is 0 Å². The second kappa shape index (κ2) is 4.33. The van der Waals surface area contributed by atoms with Gasteiger partial charge in [-0.2, -0.15) is 5.26 Å². The third-order valence-corrected chi connectivity index (χ3v) is 2.68. The van der Waals surface area contributed by atoms with Crippen LogP contribution in [-0.4, -0.2) is 31.1 Å². The first-order valence-electron chi connectivity index (χ1n) is 5.07. The van der Waals surface area contributed by atoms with Gasteiger partial charge >= 0.3 is 0 Å². The molecule has 4 nitrogen and oxygen atoms in total. The minimum Gasteiger partial charge on any atom is -0.383 e. The van der Waals surface area contributed by atoms with Crippen LogP contribution < -0.4 is 0 Å². The zero-order valence-corrected chi connectivity index (χ0v) is 9.06. The first-order valence-corrected chi connectivity index (χ1v) is 5.07. The van der Waals surface area contributed by atoms with Gasteiger partial charge in [-0.25, -0.2) is 0 Å². The van der Waals surface area contributed by atoms with Gasteiger partial charge in [0.25, 0.3) is 5.91 Å². The van der Waals surface area contributed by atoms with E-state index in [9.17, 15) is 4.79 Å². The van der Waals surface area contributed by atoms with Crippen LogP contribution in [0.4, 0.5) is 0 Å². The van der Waals surface area contributed by atoms with Crippen LogP contribution in [0.15, 0.2) is 18.2 Å². The van der Waals surface area contributed by atoms with E-state index in [1.165, 1.54) is 0 Å². The van der Waals surface area contributed by atoms with Crippen LogP contribution in [0.5, 0.6) is 0 Å². The number of rotatable bonds is 3. The minimum atomic E-state index is -0.0100. The van der Waals surface area contributed by atoms with Crippen molar-refractivity contribution < 1.29 is 9.53 Å². The summed E-state index contributed by atoms with van der Waals surface area (Å²) >= 11 is 0. The molecule has 1 heterocycles. The van der Waals surface area contributed by atoms with E-state index in [2.05, 4.69) is 0 Å². The van der Waals surface area contributed by atoms with Gasteiger partial charge in [0.2, 0.25) is 0 Å². The average Bonchev–Trinajstić information content (AvgIpc) is 2.63. The number of benzene rings is 1. The largest absolute Gasteiger partial charge is 0.383 e. The Kier molecular flexibility index (Phi) is 2.88. The molecule has 0 saturated carbocycles. The summed E-state index contributed by atoms with van der Waals surface area (Å²) in [5, 5.41) is 8.77. The van der Waals surface area contributed by atoms with Gasteiger partial charge in [0.1, 0.15) is 0 Å². The molecule has 0 fully saturated rings. The lowest BCUT2D eigenvalue weighted by Crippen LogP contribution is -2.27. The number of hydrogen-bond donors (Lipinski definition) is 0. The van der Waals surface area contributed by atoms with E-state index in [4.69, 9.17) is 10.00 Å². The van der Waals surface area contributed by atoms with E-state index in [0.29, 0.717) is 30.8 Å². The molecule has 16 heavy (non-hydrogen) atoms. The van der Waals surface area contributed by atoms with Gasteiger partial charge in [-0.15, -0.1) is 0 Å². The second-order valence-electron chi connectivity index (χ2n) is 3.70. The Labute approximate surface area is 94.0 Å². The number of carbonyl (C=O) groups is 1. The SMILES string of the molecule is COCCN1Cc2ccc(C#N)cc2C1=O. The van der Waals surface area contributed by atoms with E-state index in [0.717, 1.165) is 5.56 Å². The van der Waals surface area contributed by atoms with Crippen molar-refractivity contribution >= 4 is 5.91 Å². The lowest BCUT2D eigenvalue weighted by Gasteiger charge is -2.14. The van der Waals surface area contributed by atoms with Crippen molar-refractivity contribution in [3.05, 3.63) is 34.9 Å². The molecular weight excluding hydrogens is 204 g/mol. The minimum absolute atomic E-state index is 0.0100. The molecule has 0 atom stereocenters. The van der Waals surface area contributed by atoms with Gasteiger partial charge < -0.3 is 9.64 Å². The molecular formula is C12H12N2O2. The summed E-state index contributed by atoms with van der Waals surface area (Å²) in [6.07, 6.45) is 0. The van der Waals surface area contributed by atoms with Gasteiger partial charge in [0.15, 0.2) is 0 Å². The summed E-state index contributed by atoms with van der Waals surface area (Å²) in [5.41, 5.74) is 2.16. The molecule has 0 spiro atoms. The maximum absolute atomic E-state index is 11.9. The fourth-order valence-electron chi connectivity index (χ4n) is 1.81. The third-order valence-electron chi connectivity index (χ3n) is 2.68. The van der Waals surface area contributed by atoms with Crippen LogP contribution in [-0.2, 0) is 11.3 Å². The summed E-state index contributed by atoms with van der Waals surface area (Å²) in [4.78, 5) is 13.7. The monoisotopic (exact) mass is 216 g/mol. The molecule has 0 N–H and O–H groups in total. The number of nitriles is 1. The number of hydrogen-bond acceptors (Lipinski definition) is 3. The standard InChI is InChI=1S/C12H12N2O2/c1-16-5-4-14-8-10-3-2-9(7-13)6-11(10)12(14)15/h2-3,6H,4-5,8H2,1H3.